The third-order valence-electron chi connectivity index (χ3n) is 3.11. The van der Waals surface area contributed by atoms with Crippen LogP contribution in [0.5, 0.6) is 5.75 Å². The lowest BCUT2D eigenvalue weighted by molar-refractivity contribution is -0.135. The van der Waals surface area contributed by atoms with Crippen molar-refractivity contribution in [2.45, 2.75) is 4.90 Å². The van der Waals surface area contributed by atoms with E-state index in [4.69, 9.17) is 33.0 Å². The van der Waals surface area contributed by atoms with Gasteiger partial charge in [0.05, 0.1) is 27.7 Å². The highest BCUT2D eigenvalue weighted by Crippen LogP contribution is 2.33. The Kier molecular flexibility index (Phi) is 5.58. The smallest absolute Gasteiger partial charge is 0.324 e. The van der Waals surface area contributed by atoms with Crippen molar-refractivity contribution in [2.75, 3.05) is 18.0 Å². The van der Waals surface area contributed by atoms with E-state index in [2.05, 4.69) is 0 Å². The monoisotopic (exact) mass is 389 g/mol. The summed E-state index contributed by atoms with van der Waals surface area (Å²) in [4.78, 5) is 11.0. The number of nitrogens with zero attached hydrogens (tertiary/aromatic N) is 1. The van der Waals surface area contributed by atoms with E-state index in [0.29, 0.717) is 0 Å². The molecule has 0 bridgehead atoms. The van der Waals surface area contributed by atoms with Crippen molar-refractivity contribution < 1.29 is 23.1 Å². The first-order valence-corrected chi connectivity index (χ1v) is 8.79. The number of halogens is 2. The number of hydrogen-bond acceptors (Lipinski definition) is 4. The van der Waals surface area contributed by atoms with Crippen LogP contribution in [-0.4, -0.2) is 33.1 Å². The first-order chi connectivity index (χ1) is 11.3. The normalized spacial score (nSPS) is 11.1. The molecule has 0 aliphatic rings. The summed E-state index contributed by atoms with van der Waals surface area (Å²) in [5.41, 5.74) is 0.105. The SMILES string of the molecule is COc1ccccc1N(CC(=O)O)S(=O)(=O)c1ccc(Cl)c(Cl)c1. The van der Waals surface area contributed by atoms with Crippen LogP contribution in [0.4, 0.5) is 5.69 Å². The van der Waals surface area contributed by atoms with E-state index >= 15 is 0 Å². The summed E-state index contributed by atoms with van der Waals surface area (Å²) in [6.45, 7) is -0.775. The number of aliphatic carboxylic acids is 1. The van der Waals surface area contributed by atoms with Crippen LogP contribution in [0, 0.1) is 0 Å². The zero-order valence-corrected chi connectivity index (χ0v) is 14.8. The Balaban J connectivity index is 2.62. The first-order valence-electron chi connectivity index (χ1n) is 6.60. The molecular formula is C15H13Cl2NO5S. The number of para-hydroxylation sites is 2. The number of hydrogen-bond donors (Lipinski definition) is 1. The Morgan fingerprint density at radius 2 is 1.83 bits per heavy atom. The fourth-order valence-electron chi connectivity index (χ4n) is 2.02. The lowest BCUT2D eigenvalue weighted by Gasteiger charge is -2.24. The highest BCUT2D eigenvalue weighted by atomic mass is 35.5. The molecule has 0 atom stereocenters. The second-order valence-electron chi connectivity index (χ2n) is 4.65. The van der Waals surface area contributed by atoms with Gasteiger partial charge in [-0.05, 0) is 30.3 Å². The lowest BCUT2D eigenvalue weighted by atomic mass is 10.3. The lowest BCUT2D eigenvalue weighted by Crippen LogP contribution is -2.36. The van der Waals surface area contributed by atoms with E-state index in [1.807, 2.05) is 0 Å². The topological polar surface area (TPSA) is 83.9 Å². The molecule has 9 heteroatoms. The molecule has 0 unspecified atom stereocenters. The van der Waals surface area contributed by atoms with E-state index < -0.39 is 22.5 Å². The highest BCUT2D eigenvalue weighted by Gasteiger charge is 2.29. The largest absolute Gasteiger partial charge is 0.495 e. The molecule has 2 rings (SSSR count). The quantitative estimate of drug-likeness (QED) is 0.819. The van der Waals surface area contributed by atoms with E-state index in [9.17, 15) is 13.2 Å². The number of rotatable bonds is 6. The van der Waals surface area contributed by atoms with Gasteiger partial charge >= 0.3 is 5.97 Å². The maximum absolute atomic E-state index is 12.9. The van der Waals surface area contributed by atoms with E-state index in [0.717, 1.165) is 4.31 Å². The van der Waals surface area contributed by atoms with Gasteiger partial charge in [-0.25, -0.2) is 8.42 Å². The Morgan fingerprint density at radius 3 is 2.42 bits per heavy atom. The van der Waals surface area contributed by atoms with Crippen molar-refractivity contribution in [3.8, 4) is 5.75 Å². The molecule has 0 aliphatic carbocycles. The van der Waals surface area contributed by atoms with E-state index in [-0.39, 0.29) is 26.4 Å². The number of carboxylic acids is 1. The molecule has 2 aromatic rings. The van der Waals surface area contributed by atoms with Gasteiger partial charge in [-0.15, -0.1) is 0 Å². The second-order valence-corrected chi connectivity index (χ2v) is 7.33. The zero-order valence-electron chi connectivity index (χ0n) is 12.4. The molecular weight excluding hydrogens is 377 g/mol. The Bertz CT molecular complexity index is 870. The molecule has 0 heterocycles. The van der Waals surface area contributed by atoms with Gasteiger partial charge in [0.1, 0.15) is 12.3 Å². The molecule has 0 radical (unpaired) electrons. The summed E-state index contributed by atoms with van der Waals surface area (Å²) in [7, 11) is -2.83. The van der Waals surface area contributed by atoms with Crippen LogP contribution in [-0.2, 0) is 14.8 Å². The Labute approximate surface area is 149 Å². The Morgan fingerprint density at radius 1 is 1.17 bits per heavy atom. The Hall–Kier alpha value is -1.96. The second kappa shape index (κ2) is 7.29. The van der Waals surface area contributed by atoms with Crippen molar-refractivity contribution in [3.05, 3.63) is 52.5 Å². The number of carbonyl (C=O) groups is 1. The van der Waals surface area contributed by atoms with Gasteiger partial charge in [-0.2, -0.15) is 0 Å². The molecule has 0 fully saturated rings. The molecule has 1 N–H and O–H groups in total. The zero-order chi connectivity index (χ0) is 17.9. The van der Waals surface area contributed by atoms with Gasteiger partial charge in [0, 0.05) is 0 Å². The van der Waals surface area contributed by atoms with Gasteiger partial charge in [0.25, 0.3) is 10.0 Å². The number of sulfonamides is 1. The summed E-state index contributed by atoms with van der Waals surface area (Å²) in [5, 5.41) is 9.37. The standard InChI is InChI=1S/C15H13Cl2NO5S/c1-23-14-5-3-2-4-13(14)18(9-15(19)20)24(21,22)10-6-7-11(16)12(17)8-10/h2-8H,9H2,1H3,(H,19,20). The van der Waals surface area contributed by atoms with Crippen LogP contribution < -0.4 is 9.04 Å². The molecule has 2 aromatic carbocycles. The van der Waals surface area contributed by atoms with Crippen LogP contribution in [0.2, 0.25) is 10.0 Å². The number of methoxy groups -OCH3 is 1. The minimum atomic E-state index is -4.19. The number of anilines is 1. The predicted octanol–water partition coefficient (Wildman–Crippen LogP) is 3.28. The van der Waals surface area contributed by atoms with Gasteiger partial charge in [0.15, 0.2) is 0 Å². The van der Waals surface area contributed by atoms with Gasteiger partial charge < -0.3 is 9.84 Å². The molecule has 0 spiro atoms. The third-order valence-corrected chi connectivity index (χ3v) is 5.61. The predicted molar refractivity (Wildman–Crippen MR) is 91.6 cm³/mol. The van der Waals surface area contributed by atoms with E-state index in [1.165, 1.54) is 37.4 Å². The third kappa shape index (κ3) is 3.75. The minimum Gasteiger partial charge on any atom is -0.495 e. The maximum Gasteiger partial charge on any atom is 0.324 e. The summed E-state index contributed by atoms with van der Waals surface area (Å²) < 4.78 is 31.7. The molecule has 24 heavy (non-hydrogen) atoms. The minimum absolute atomic E-state index is 0.0491. The van der Waals surface area contributed by atoms with Crippen LogP contribution in [0.25, 0.3) is 0 Å². The van der Waals surface area contributed by atoms with E-state index in [1.54, 1.807) is 12.1 Å². The molecule has 128 valence electrons. The number of benzene rings is 2. The van der Waals surface area contributed by atoms with Crippen molar-refractivity contribution in [1.82, 2.24) is 0 Å². The maximum atomic E-state index is 12.9. The average molecular weight is 390 g/mol. The van der Waals surface area contributed by atoms with Crippen LogP contribution in [0.15, 0.2) is 47.4 Å². The van der Waals surface area contributed by atoms with Gasteiger partial charge in [-0.1, -0.05) is 35.3 Å². The summed E-state index contributed by atoms with van der Waals surface area (Å²) >= 11 is 11.7. The molecule has 0 aromatic heterocycles. The highest BCUT2D eigenvalue weighted by molar-refractivity contribution is 7.92. The van der Waals surface area contributed by atoms with Crippen LogP contribution in [0.3, 0.4) is 0 Å². The molecule has 0 saturated carbocycles. The average Bonchev–Trinajstić information content (AvgIpc) is 2.54. The molecule has 6 nitrogen and oxygen atoms in total. The van der Waals surface area contributed by atoms with Crippen molar-refractivity contribution in [1.29, 1.82) is 0 Å². The summed E-state index contributed by atoms with van der Waals surface area (Å²) in [6.07, 6.45) is 0. The van der Waals surface area contributed by atoms with Gasteiger partial charge in [0.2, 0.25) is 0 Å². The summed E-state index contributed by atoms with van der Waals surface area (Å²) in [5.74, 6) is -1.09. The van der Waals surface area contributed by atoms with Crippen LogP contribution >= 0.6 is 23.2 Å². The first kappa shape index (κ1) is 18.4. The fraction of sp³-hybridized carbons (Fsp3) is 0.133. The number of ether oxygens (including phenoxy) is 1. The molecule has 0 saturated heterocycles. The van der Waals surface area contributed by atoms with Crippen molar-refractivity contribution in [3.63, 3.8) is 0 Å². The summed E-state index contributed by atoms with van der Waals surface area (Å²) in [6, 6.07) is 9.98. The molecule has 0 amide bonds. The van der Waals surface area contributed by atoms with Crippen molar-refractivity contribution in [2.24, 2.45) is 0 Å². The van der Waals surface area contributed by atoms with Gasteiger partial charge in [-0.3, -0.25) is 9.10 Å². The van der Waals surface area contributed by atoms with Crippen molar-refractivity contribution >= 4 is 44.9 Å². The van der Waals surface area contributed by atoms with Crippen LogP contribution in [0.1, 0.15) is 0 Å². The molecule has 0 aliphatic heterocycles. The number of carboxylic acid groups (broad SMARTS) is 1. The fourth-order valence-corrected chi connectivity index (χ4v) is 3.84.